The van der Waals surface area contributed by atoms with Crippen LogP contribution in [0.15, 0.2) is 55.1 Å². The van der Waals surface area contributed by atoms with Crippen molar-refractivity contribution < 1.29 is 10.2 Å². The SMILES string of the molecule is OC1CSc2cc(Br)ccc21.OC1CSc2cccc(Br)c21. The van der Waals surface area contributed by atoms with Gasteiger partial charge < -0.3 is 10.2 Å². The molecule has 0 aromatic heterocycles. The number of rotatable bonds is 0. The van der Waals surface area contributed by atoms with Gasteiger partial charge in [0.05, 0.1) is 12.2 Å². The van der Waals surface area contributed by atoms with Crippen molar-refractivity contribution in [3.8, 4) is 0 Å². The van der Waals surface area contributed by atoms with Crippen molar-refractivity contribution >= 4 is 55.4 Å². The molecule has 0 aliphatic carbocycles. The number of aliphatic hydroxyl groups excluding tert-OH is 2. The molecule has 4 rings (SSSR count). The van der Waals surface area contributed by atoms with Crippen LogP contribution in [0.25, 0.3) is 0 Å². The minimum atomic E-state index is -0.287. The van der Waals surface area contributed by atoms with Crippen LogP contribution in [-0.2, 0) is 0 Å². The largest absolute Gasteiger partial charge is 0.387 e. The number of hydrogen-bond acceptors (Lipinski definition) is 4. The molecule has 2 unspecified atom stereocenters. The quantitative estimate of drug-likeness (QED) is 0.567. The van der Waals surface area contributed by atoms with E-state index in [9.17, 15) is 10.2 Å². The van der Waals surface area contributed by atoms with Gasteiger partial charge in [-0.3, -0.25) is 0 Å². The van der Waals surface area contributed by atoms with Crippen molar-refractivity contribution in [1.82, 2.24) is 0 Å². The molecular formula is C16H14Br2O2S2. The molecule has 0 saturated heterocycles. The molecule has 6 heteroatoms. The standard InChI is InChI=1S/2C8H7BrOS/c9-5-1-2-6-7(10)4-11-8(6)3-5;9-5-2-1-3-7-8(5)6(10)4-11-7/h1-3,7,10H,4H2;1-3,6,10H,4H2. The average Bonchev–Trinajstić information content (AvgIpc) is 3.05. The average molecular weight is 462 g/mol. The van der Waals surface area contributed by atoms with Gasteiger partial charge in [-0.25, -0.2) is 0 Å². The summed E-state index contributed by atoms with van der Waals surface area (Å²) in [5.74, 6) is 1.59. The Labute approximate surface area is 155 Å². The Morgan fingerprint density at radius 1 is 0.909 bits per heavy atom. The van der Waals surface area contributed by atoms with Crippen LogP contribution in [-0.4, -0.2) is 21.7 Å². The molecule has 0 bridgehead atoms. The highest BCUT2D eigenvalue weighted by atomic mass is 79.9. The van der Waals surface area contributed by atoms with Crippen LogP contribution >= 0.6 is 55.4 Å². The third-order valence-electron chi connectivity index (χ3n) is 3.47. The van der Waals surface area contributed by atoms with Gasteiger partial charge in [0.15, 0.2) is 0 Å². The molecule has 0 amide bonds. The molecule has 2 aliphatic heterocycles. The van der Waals surface area contributed by atoms with E-state index in [0.29, 0.717) is 0 Å². The van der Waals surface area contributed by atoms with Crippen LogP contribution in [0.3, 0.4) is 0 Å². The maximum atomic E-state index is 9.51. The highest BCUT2D eigenvalue weighted by molar-refractivity contribution is 9.10. The molecule has 0 radical (unpaired) electrons. The predicted octanol–water partition coefficient (Wildman–Crippen LogP) is 5.18. The Hall–Kier alpha value is 0.0200. The molecule has 0 spiro atoms. The predicted molar refractivity (Wildman–Crippen MR) is 99.7 cm³/mol. The summed E-state index contributed by atoms with van der Waals surface area (Å²) in [4.78, 5) is 2.40. The van der Waals surface area contributed by atoms with Gasteiger partial charge in [0.2, 0.25) is 0 Å². The maximum absolute atomic E-state index is 9.51. The summed E-state index contributed by atoms with van der Waals surface area (Å²) < 4.78 is 2.10. The number of aliphatic hydroxyl groups is 2. The molecule has 2 atom stereocenters. The van der Waals surface area contributed by atoms with E-state index in [4.69, 9.17) is 0 Å². The van der Waals surface area contributed by atoms with E-state index in [1.807, 2.05) is 30.3 Å². The highest BCUT2D eigenvalue weighted by Gasteiger charge is 2.22. The second kappa shape index (κ2) is 7.28. The first-order valence-corrected chi connectivity index (χ1v) is 10.3. The number of hydrogen-bond donors (Lipinski definition) is 2. The molecule has 2 aromatic carbocycles. The normalized spacial score (nSPS) is 21.8. The van der Waals surface area contributed by atoms with Crippen molar-refractivity contribution in [2.24, 2.45) is 0 Å². The zero-order chi connectivity index (χ0) is 15.7. The zero-order valence-electron chi connectivity index (χ0n) is 11.5. The van der Waals surface area contributed by atoms with Crippen LogP contribution in [0.5, 0.6) is 0 Å². The third-order valence-corrected chi connectivity index (χ3v) is 6.96. The monoisotopic (exact) mass is 460 g/mol. The zero-order valence-corrected chi connectivity index (χ0v) is 16.3. The molecule has 2 nitrogen and oxygen atoms in total. The second-order valence-corrected chi connectivity index (χ2v) is 8.88. The minimum Gasteiger partial charge on any atom is -0.387 e. The lowest BCUT2D eigenvalue weighted by Crippen LogP contribution is -1.94. The Bertz CT molecular complexity index is 694. The van der Waals surface area contributed by atoms with Gasteiger partial charge in [-0.2, -0.15) is 0 Å². The summed E-state index contributed by atoms with van der Waals surface area (Å²) in [6.07, 6.45) is -0.548. The minimum absolute atomic E-state index is 0.261. The summed E-state index contributed by atoms with van der Waals surface area (Å²) >= 11 is 10.2. The fraction of sp³-hybridized carbons (Fsp3) is 0.250. The van der Waals surface area contributed by atoms with E-state index >= 15 is 0 Å². The van der Waals surface area contributed by atoms with Gasteiger partial charge in [0.1, 0.15) is 0 Å². The van der Waals surface area contributed by atoms with Gasteiger partial charge in [0.25, 0.3) is 0 Å². The number of fused-ring (bicyclic) bond motifs is 2. The molecular weight excluding hydrogens is 448 g/mol. The first kappa shape index (κ1) is 16.9. The van der Waals surface area contributed by atoms with E-state index < -0.39 is 0 Å². The van der Waals surface area contributed by atoms with Crippen molar-refractivity contribution in [1.29, 1.82) is 0 Å². The van der Waals surface area contributed by atoms with Gasteiger partial charge >= 0.3 is 0 Å². The molecule has 0 fully saturated rings. The van der Waals surface area contributed by atoms with Gasteiger partial charge in [-0.05, 0) is 29.8 Å². The van der Waals surface area contributed by atoms with E-state index in [-0.39, 0.29) is 12.2 Å². The lowest BCUT2D eigenvalue weighted by atomic mass is 10.1. The molecule has 2 N–H and O–H groups in total. The molecule has 0 saturated carbocycles. The Balaban J connectivity index is 0.000000131. The van der Waals surface area contributed by atoms with Crippen molar-refractivity contribution in [3.63, 3.8) is 0 Å². The van der Waals surface area contributed by atoms with Crippen molar-refractivity contribution in [2.45, 2.75) is 22.0 Å². The van der Waals surface area contributed by atoms with Gasteiger partial charge in [0, 0.05) is 35.8 Å². The van der Waals surface area contributed by atoms with Crippen LogP contribution in [0, 0.1) is 0 Å². The lowest BCUT2D eigenvalue weighted by Gasteiger charge is -2.03. The summed E-state index contributed by atoms with van der Waals surface area (Å²) in [7, 11) is 0. The molecule has 22 heavy (non-hydrogen) atoms. The fourth-order valence-corrected chi connectivity index (χ4v) is 5.84. The lowest BCUT2D eigenvalue weighted by molar-refractivity contribution is 0.204. The van der Waals surface area contributed by atoms with Gasteiger partial charge in [-0.15, -0.1) is 23.5 Å². The number of halogens is 2. The smallest absolute Gasteiger partial charge is 0.0905 e. The molecule has 2 aliphatic rings. The van der Waals surface area contributed by atoms with E-state index in [0.717, 1.165) is 31.6 Å². The fourth-order valence-electron chi connectivity index (χ4n) is 2.39. The van der Waals surface area contributed by atoms with Crippen molar-refractivity contribution in [3.05, 3.63) is 56.5 Å². The Morgan fingerprint density at radius 2 is 1.64 bits per heavy atom. The summed E-state index contributed by atoms with van der Waals surface area (Å²) in [5.41, 5.74) is 2.12. The third kappa shape index (κ3) is 3.57. The summed E-state index contributed by atoms with van der Waals surface area (Å²) in [6.45, 7) is 0. The van der Waals surface area contributed by atoms with Gasteiger partial charge in [-0.1, -0.05) is 44.0 Å². The number of thioether (sulfide) groups is 2. The Morgan fingerprint density at radius 3 is 2.41 bits per heavy atom. The Kier molecular flexibility index (Phi) is 5.58. The van der Waals surface area contributed by atoms with E-state index in [1.165, 1.54) is 9.79 Å². The summed E-state index contributed by atoms with van der Waals surface area (Å²) in [5, 5.41) is 18.9. The first-order chi connectivity index (χ1) is 10.6. The topological polar surface area (TPSA) is 40.5 Å². The van der Waals surface area contributed by atoms with Crippen LogP contribution in [0.2, 0.25) is 0 Å². The first-order valence-electron chi connectivity index (χ1n) is 6.76. The molecule has 2 aromatic rings. The van der Waals surface area contributed by atoms with Crippen LogP contribution in [0.1, 0.15) is 23.3 Å². The second-order valence-electron chi connectivity index (χ2n) is 4.99. The highest BCUT2D eigenvalue weighted by Crippen LogP contribution is 2.41. The van der Waals surface area contributed by atoms with E-state index in [2.05, 4.69) is 37.9 Å². The molecule has 116 valence electrons. The van der Waals surface area contributed by atoms with E-state index in [1.54, 1.807) is 23.5 Å². The van der Waals surface area contributed by atoms with Crippen LogP contribution in [0.4, 0.5) is 0 Å². The van der Waals surface area contributed by atoms with Crippen molar-refractivity contribution in [2.75, 3.05) is 11.5 Å². The summed E-state index contributed by atoms with van der Waals surface area (Å²) in [6, 6.07) is 12.0. The maximum Gasteiger partial charge on any atom is 0.0905 e. The van der Waals surface area contributed by atoms with Crippen LogP contribution < -0.4 is 0 Å². The molecule has 2 heterocycles. The number of benzene rings is 2.